The zero-order chi connectivity index (χ0) is 20.8. The lowest BCUT2D eigenvalue weighted by Crippen LogP contribution is -2.48. The van der Waals surface area contributed by atoms with E-state index in [4.69, 9.17) is 30.5 Å². The van der Waals surface area contributed by atoms with Crippen LogP contribution in [0.5, 0.6) is 11.5 Å². The van der Waals surface area contributed by atoms with Gasteiger partial charge in [0.2, 0.25) is 0 Å². The third-order valence-electron chi connectivity index (χ3n) is 4.13. The molecule has 154 valence electrons. The topological polar surface area (TPSA) is 77.5 Å². The minimum Gasteiger partial charge on any atom is -0.486 e. The molecule has 1 aliphatic rings. The van der Waals surface area contributed by atoms with E-state index in [1.807, 2.05) is 0 Å². The molecule has 0 saturated heterocycles. The highest BCUT2D eigenvalue weighted by Gasteiger charge is 2.29. The van der Waals surface area contributed by atoms with E-state index in [0.717, 1.165) is 4.90 Å². The number of anilines is 1. The first-order valence-electron chi connectivity index (χ1n) is 8.81. The Labute approximate surface area is 173 Å². The fraction of sp³-hybridized carbons (Fsp3) is 0.300. The number of imide groups is 1. The number of nitrogens with zero attached hydrogens (tertiary/aromatic N) is 2. The minimum atomic E-state index is -0.615. The second-order valence-corrected chi connectivity index (χ2v) is 6.55. The Morgan fingerprint density at radius 1 is 1.00 bits per heavy atom. The Morgan fingerprint density at radius 3 is 2.41 bits per heavy atom. The molecule has 0 N–H and O–H groups in total. The Kier molecular flexibility index (Phi) is 6.92. The summed E-state index contributed by atoms with van der Waals surface area (Å²) in [4.78, 5) is 28.6. The van der Waals surface area contributed by atoms with Gasteiger partial charge in [0.05, 0.1) is 0 Å². The van der Waals surface area contributed by atoms with Crippen molar-refractivity contribution < 1.29 is 28.5 Å². The molecular formula is C20H21ClN2O6. The Balaban J connectivity index is 1.90. The van der Waals surface area contributed by atoms with Crippen LogP contribution in [-0.4, -0.2) is 57.7 Å². The molecule has 2 aromatic rings. The van der Waals surface area contributed by atoms with Gasteiger partial charge in [-0.25, -0.2) is 9.69 Å². The molecule has 0 saturated carbocycles. The van der Waals surface area contributed by atoms with E-state index in [-0.39, 0.29) is 19.0 Å². The van der Waals surface area contributed by atoms with Crippen molar-refractivity contribution in [1.82, 2.24) is 4.90 Å². The number of carbonyl (C=O) groups is 2. The van der Waals surface area contributed by atoms with Gasteiger partial charge < -0.3 is 18.9 Å². The number of amides is 3. The van der Waals surface area contributed by atoms with Gasteiger partial charge in [-0.05, 0) is 36.4 Å². The zero-order valence-electron chi connectivity index (χ0n) is 16.1. The number of halogens is 1. The molecule has 2 aromatic carbocycles. The standard InChI is InChI=1S/C20H21ClN2O6/c1-26-12-22(16-5-3-4-15(21)11-16)20(25)23(13-27-2)19(24)14-6-7-17-18(10-14)29-9-8-28-17/h3-7,10-11H,8-9,12-13H2,1-2H3. The highest BCUT2D eigenvalue weighted by Crippen LogP contribution is 2.31. The molecule has 0 atom stereocenters. The van der Waals surface area contributed by atoms with Crippen molar-refractivity contribution in [1.29, 1.82) is 0 Å². The van der Waals surface area contributed by atoms with E-state index in [0.29, 0.717) is 35.4 Å². The lowest BCUT2D eigenvalue weighted by atomic mass is 10.1. The van der Waals surface area contributed by atoms with Crippen molar-refractivity contribution in [3.63, 3.8) is 0 Å². The van der Waals surface area contributed by atoms with Crippen molar-refractivity contribution in [3.05, 3.63) is 53.1 Å². The number of urea groups is 1. The molecule has 29 heavy (non-hydrogen) atoms. The van der Waals surface area contributed by atoms with Crippen LogP contribution >= 0.6 is 11.6 Å². The molecule has 8 nitrogen and oxygen atoms in total. The Hall–Kier alpha value is -2.81. The molecule has 1 aliphatic heterocycles. The second-order valence-electron chi connectivity index (χ2n) is 6.12. The SMILES string of the molecule is COCN(C(=O)c1ccc2c(c1)OCCO2)C(=O)N(COC)c1cccc(Cl)c1. The molecule has 0 aliphatic carbocycles. The summed E-state index contributed by atoms with van der Waals surface area (Å²) in [6, 6.07) is 10.8. The summed E-state index contributed by atoms with van der Waals surface area (Å²) in [7, 11) is 2.85. The predicted molar refractivity (Wildman–Crippen MR) is 107 cm³/mol. The van der Waals surface area contributed by atoms with Gasteiger partial charge >= 0.3 is 6.03 Å². The summed E-state index contributed by atoms with van der Waals surface area (Å²) in [6.07, 6.45) is 0. The van der Waals surface area contributed by atoms with Crippen molar-refractivity contribution in [2.75, 3.05) is 45.8 Å². The largest absolute Gasteiger partial charge is 0.486 e. The molecule has 9 heteroatoms. The van der Waals surface area contributed by atoms with Gasteiger partial charge in [0.25, 0.3) is 5.91 Å². The maximum Gasteiger partial charge on any atom is 0.335 e. The monoisotopic (exact) mass is 420 g/mol. The molecule has 0 fully saturated rings. The van der Waals surface area contributed by atoms with Crippen molar-refractivity contribution >= 4 is 29.2 Å². The first-order valence-corrected chi connectivity index (χ1v) is 9.19. The van der Waals surface area contributed by atoms with Crippen LogP contribution in [-0.2, 0) is 9.47 Å². The Bertz CT molecular complexity index is 891. The van der Waals surface area contributed by atoms with Crippen LogP contribution < -0.4 is 14.4 Å². The van der Waals surface area contributed by atoms with Gasteiger partial charge in [0.1, 0.15) is 26.7 Å². The van der Waals surface area contributed by atoms with Crippen LogP contribution in [0.3, 0.4) is 0 Å². The van der Waals surface area contributed by atoms with Crippen molar-refractivity contribution in [2.45, 2.75) is 0 Å². The number of rotatable bonds is 6. The summed E-state index contributed by atoms with van der Waals surface area (Å²) in [6.45, 7) is 0.517. The van der Waals surface area contributed by atoms with Crippen LogP contribution in [0.1, 0.15) is 10.4 Å². The average molecular weight is 421 g/mol. The predicted octanol–water partition coefficient (Wildman–Crippen LogP) is 3.39. The summed E-state index contributed by atoms with van der Waals surface area (Å²) in [5.74, 6) is 0.463. The number of ether oxygens (including phenoxy) is 4. The van der Waals surface area contributed by atoms with E-state index in [1.165, 1.54) is 19.1 Å². The molecule has 0 unspecified atom stereocenters. The molecule has 0 radical (unpaired) electrons. The fourth-order valence-electron chi connectivity index (χ4n) is 2.82. The van der Waals surface area contributed by atoms with E-state index in [1.54, 1.807) is 42.5 Å². The molecule has 3 rings (SSSR count). The highest BCUT2D eigenvalue weighted by atomic mass is 35.5. The zero-order valence-corrected chi connectivity index (χ0v) is 16.8. The molecule has 0 aromatic heterocycles. The van der Waals surface area contributed by atoms with Gasteiger partial charge in [-0.2, -0.15) is 0 Å². The van der Waals surface area contributed by atoms with Crippen LogP contribution in [0.15, 0.2) is 42.5 Å². The number of fused-ring (bicyclic) bond motifs is 1. The molecule has 0 bridgehead atoms. The first-order chi connectivity index (χ1) is 14.0. The fourth-order valence-corrected chi connectivity index (χ4v) is 3.01. The molecule has 0 spiro atoms. The summed E-state index contributed by atoms with van der Waals surface area (Å²) in [5.41, 5.74) is 0.753. The third kappa shape index (κ3) is 4.79. The minimum absolute atomic E-state index is 0.0756. The molecule has 1 heterocycles. The average Bonchev–Trinajstić information content (AvgIpc) is 2.74. The van der Waals surface area contributed by atoms with Gasteiger partial charge in [0, 0.05) is 30.5 Å². The number of hydrogen-bond donors (Lipinski definition) is 0. The van der Waals surface area contributed by atoms with Crippen molar-refractivity contribution in [2.24, 2.45) is 0 Å². The van der Waals surface area contributed by atoms with Gasteiger partial charge in [-0.3, -0.25) is 9.69 Å². The number of benzene rings is 2. The quantitative estimate of drug-likeness (QED) is 0.667. The molecular weight excluding hydrogens is 400 g/mol. The summed E-state index contributed by atoms with van der Waals surface area (Å²) < 4.78 is 21.3. The van der Waals surface area contributed by atoms with E-state index in [9.17, 15) is 9.59 Å². The highest BCUT2D eigenvalue weighted by molar-refractivity contribution is 6.31. The normalized spacial score (nSPS) is 12.4. The van der Waals surface area contributed by atoms with Crippen LogP contribution in [0, 0.1) is 0 Å². The van der Waals surface area contributed by atoms with E-state index >= 15 is 0 Å². The molecule has 3 amide bonds. The third-order valence-corrected chi connectivity index (χ3v) is 4.37. The van der Waals surface area contributed by atoms with E-state index < -0.39 is 11.9 Å². The smallest absolute Gasteiger partial charge is 0.335 e. The van der Waals surface area contributed by atoms with Crippen LogP contribution in [0.2, 0.25) is 5.02 Å². The summed E-state index contributed by atoms with van der Waals surface area (Å²) >= 11 is 6.05. The van der Waals surface area contributed by atoms with Gasteiger partial charge in [0.15, 0.2) is 11.5 Å². The number of methoxy groups -OCH3 is 2. The number of carbonyl (C=O) groups excluding carboxylic acids is 2. The lowest BCUT2D eigenvalue weighted by molar-refractivity contribution is 0.0532. The number of hydrogen-bond acceptors (Lipinski definition) is 6. The van der Waals surface area contributed by atoms with Crippen LogP contribution in [0.4, 0.5) is 10.5 Å². The second kappa shape index (κ2) is 9.60. The van der Waals surface area contributed by atoms with E-state index in [2.05, 4.69) is 0 Å². The van der Waals surface area contributed by atoms with Gasteiger partial charge in [-0.1, -0.05) is 17.7 Å². The lowest BCUT2D eigenvalue weighted by Gasteiger charge is -2.29. The summed E-state index contributed by atoms with van der Waals surface area (Å²) in [5, 5.41) is 0.452. The van der Waals surface area contributed by atoms with Crippen molar-refractivity contribution in [3.8, 4) is 11.5 Å². The maximum absolute atomic E-state index is 13.2. The maximum atomic E-state index is 13.2. The van der Waals surface area contributed by atoms with Gasteiger partial charge in [-0.15, -0.1) is 0 Å². The Morgan fingerprint density at radius 2 is 1.72 bits per heavy atom. The first kappa shape index (κ1) is 20.9. The van der Waals surface area contributed by atoms with Crippen LogP contribution in [0.25, 0.3) is 0 Å².